The molecule has 1 saturated carbocycles. The highest BCUT2D eigenvalue weighted by atomic mass is 16.5. The summed E-state index contributed by atoms with van der Waals surface area (Å²) in [6.45, 7) is 9.72. The molecule has 5 nitrogen and oxygen atoms in total. The normalized spacial score (nSPS) is 27.0. The van der Waals surface area contributed by atoms with Crippen molar-refractivity contribution in [2.24, 2.45) is 5.92 Å². The first kappa shape index (κ1) is 16.3. The Labute approximate surface area is 127 Å². The van der Waals surface area contributed by atoms with E-state index in [0.29, 0.717) is 18.4 Å². The summed E-state index contributed by atoms with van der Waals surface area (Å²) in [6, 6.07) is 2.33. The maximum atomic E-state index is 12.3. The minimum absolute atomic E-state index is 0.268. The molecular weight excluding hydrogens is 266 g/mol. The molecule has 118 valence electrons. The largest absolute Gasteiger partial charge is 0.378 e. The van der Waals surface area contributed by atoms with Gasteiger partial charge in [-0.3, -0.25) is 9.69 Å². The molecule has 1 heterocycles. The van der Waals surface area contributed by atoms with Crippen LogP contribution in [-0.2, 0) is 9.53 Å². The molecule has 0 unspecified atom stereocenters. The predicted octanol–water partition coefficient (Wildman–Crippen LogP) is 1.64. The molecule has 1 aliphatic carbocycles. The summed E-state index contributed by atoms with van der Waals surface area (Å²) >= 11 is 0. The first-order valence-electron chi connectivity index (χ1n) is 8.02. The number of piperazine rings is 1. The number of carbonyl (C=O) groups excluding carboxylic acids is 1. The number of nitrogens with zero attached hydrogens (tertiary/aromatic N) is 3. The van der Waals surface area contributed by atoms with E-state index in [-0.39, 0.29) is 5.91 Å². The van der Waals surface area contributed by atoms with E-state index >= 15 is 0 Å². The lowest BCUT2D eigenvalue weighted by atomic mass is 9.79. The molecule has 0 aromatic carbocycles. The van der Waals surface area contributed by atoms with E-state index in [4.69, 9.17) is 10.00 Å². The molecule has 1 saturated heterocycles. The minimum Gasteiger partial charge on any atom is -0.378 e. The van der Waals surface area contributed by atoms with Crippen LogP contribution < -0.4 is 0 Å². The molecule has 0 aromatic heterocycles. The molecule has 0 spiro atoms. The van der Waals surface area contributed by atoms with Crippen molar-refractivity contribution in [1.29, 1.82) is 5.26 Å². The first-order valence-corrected chi connectivity index (χ1v) is 8.02. The molecule has 0 atom stereocenters. The average Bonchev–Trinajstić information content (AvgIpc) is 2.45. The van der Waals surface area contributed by atoms with Crippen LogP contribution in [0.15, 0.2) is 0 Å². The van der Waals surface area contributed by atoms with E-state index in [9.17, 15) is 4.79 Å². The summed E-state index contributed by atoms with van der Waals surface area (Å²) in [4.78, 5) is 16.4. The van der Waals surface area contributed by atoms with Gasteiger partial charge in [-0.25, -0.2) is 0 Å². The smallest absolute Gasteiger partial charge is 0.222 e. The van der Waals surface area contributed by atoms with Crippen LogP contribution in [-0.4, -0.2) is 60.1 Å². The van der Waals surface area contributed by atoms with Gasteiger partial charge >= 0.3 is 0 Å². The van der Waals surface area contributed by atoms with Crippen molar-refractivity contribution in [3.8, 4) is 6.07 Å². The number of rotatable bonds is 5. The Bertz CT molecular complexity index is 402. The van der Waals surface area contributed by atoms with Crippen LogP contribution in [0.5, 0.6) is 0 Å². The maximum Gasteiger partial charge on any atom is 0.222 e. The summed E-state index contributed by atoms with van der Waals surface area (Å²) in [5.41, 5.74) is -0.437. The van der Waals surface area contributed by atoms with Crippen LogP contribution in [0.2, 0.25) is 0 Å². The quantitative estimate of drug-likeness (QED) is 0.773. The molecule has 2 rings (SSSR count). The Hall–Kier alpha value is -1.12. The van der Waals surface area contributed by atoms with Crippen LogP contribution >= 0.6 is 0 Å². The van der Waals surface area contributed by atoms with Gasteiger partial charge in [0.05, 0.1) is 12.2 Å². The summed E-state index contributed by atoms with van der Waals surface area (Å²) in [5.74, 6) is 0.770. The van der Waals surface area contributed by atoms with Gasteiger partial charge in [-0.1, -0.05) is 0 Å². The van der Waals surface area contributed by atoms with Crippen molar-refractivity contribution in [2.45, 2.75) is 51.7 Å². The molecular formula is C16H27N3O2. The van der Waals surface area contributed by atoms with Gasteiger partial charge < -0.3 is 9.64 Å². The van der Waals surface area contributed by atoms with Gasteiger partial charge in [0.25, 0.3) is 0 Å². The highest BCUT2D eigenvalue weighted by Crippen LogP contribution is 2.33. The van der Waals surface area contributed by atoms with Crippen molar-refractivity contribution in [2.75, 3.05) is 32.8 Å². The zero-order valence-corrected chi connectivity index (χ0v) is 13.5. The molecule has 0 bridgehead atoms. The third kappa shape index (κ3) is 3.96. The topological polar surface area (TPSA) is 56.6 Å². The zero-order chi connectivity index (χ0) is 15.5. The SMILES string of the molecule is CCOC1CC(CC(=O)N2CCN(C(C)(C)C#N)CC2)C1. The highest BCUT2D eigenvalue weighted by molar-refractivity contribution is 5.76. The Morgan fingerprint density at radius 3 is 2.43 bits per heavy atom. The van der Waals surface area contributed by atoms with E-state index in [1.54, 1.807) is 0 Å². The van der Waals surface area contributed by atoms with E-state index in [1.807, 2.05) is 25.7 Å². The Kier molecular flexibility index (Phi) is 5.23. The van der Waals surface area contributed by atoms with Gasteiger partial charge in [0.2, 0.25) is 5.91 Å². The molecule has 0 N–H and O–H groups in total. The maximum absolute atomic E-state index is 12.3. The zero-order valence-electron chi connectivity index (χ0n) is 13.5. The van der Waals surface area contributed by atoms with Crippen LogP contribution in [0.25, 0.3) is 0 Å². The summed E-state index contributed by atoms with van der Waals surface area (Å²) in [6.07, 6.45) is 3.09. The van der Waals surface area contributed by atoms with Gasteiger partial charge in [-0.05, 0) is 39.5 Å². The monoisotopic (exact) mass is 293 g/mol. The third-order valence-corrected chi connectivity index (χ3v) is 4.75. The predicted molar refractivity (Wildman–Crippen MR) is 80.6 cm³/mol. The third-order valence-electron chi connectivity index (χ3n) is 4.75. The fourth-order valence-electron chi connectivity index (χ4n) is 3.17. The van der Waals surface area contributed by atoms with Crippen molar-refractivity contribution in [3.63, 3.8) is 0 Å². The molecule has 0 radical (unpaired) electrons. The van der Waals surface area contributed by atoms with Crippen LogP contribution in [0.1, 0.15) is 40.0 Å². The Morgan fingerprint density at radius 2 is 1.90 bits per heavy atom. The second-order valence-corrected chi connectivity index (χ2v) is 6.66. The summed E-state index contributed by atoms with van der Waals surface area (Å²) in [5, 5.41) is 9.16. The number of ether oxygens (including phenoxy) is 1. The number of hydrogen-bond donors (Lipinski definition) is 0. The van der Waals surface area contributed by atoms with Crippen molar-refractivity contribution in [1.82, 2.24) is 9.80 Å². The van der Waals surface area contributed by atoms with E-state index in [1.165, 1.54) is 0 Å². The molecule has 5 heteroatoms. The van der Waals surface area contributed by atoms with Gasteiger partial charge in [0.1, 0.15) is 5.54 Å². The molecule has 2 aliphatic rings. The molecule has 1 aliphatic heterocycles. The Balaban J connectivity index is 1.71. The number of nitriles is 1. The van der Waals surface area contributed by atoms with Crippen LogP contribution in [0.4, 0.5) is 0 Å². The second kappa shape index (κ2) is 6.76. The molecule has 2 fully saturated rings. The van der Waals surface area contributed by atoms with Gasteiger partial charge in [0.15, 0.2) is 0 Å². The second-order valence-electron chi connectivity index (χ2n) is 6.66. The van der Waals surface area contributed by atoms with E-state index in [0.717, 1.165) is 45.6 Å². The summed E-state index contributed by atoms with van der Waals surface area (Å²) < 4.78 is 5.54. The minimum atomic E-state index is -0.437. The summed E-state index contributed by atoms with van der Waals surface area (Å²) in [7, 11) is 0. The highest BCUT2D eigenvalue weighted by Gasteiger charge is 2.34. The van der Waals surface area contributed by atoms with E-state index in [2.05, 4.69) is 11.0 Å². The number of carbonyl (C=O) groups is 1. The van der Waals surface area contributed by atoms with Crippen LogP contribution in [0, 0.1) is 17.2 Å². The molecule has 21 heavy (non-hydrogen) atoms. The lowest BCUT2D eigenvalue weighted by Gasteiger charge is -2.41. The first-order chi connectivity index (χ1) is 9.96. The Morgan fingerprint density at radius 1 is 1.29 bits per heavy atom. The van der Waals surface area contributed by atoms with Gasteiger partial charge in [-0.2, -0.15) is 5.26 Å². The van der Waals surface area contributed by atoms with Crippen molar-refractivity contribution < 1.29 is 9.53 Å². The van der Waals surface area contributed by atoms with Gasteiger partial charge in [-0.15, -0.1) is 0 Å². The van der Waals surface area contributed by atoms with Crippen LogP contribution in [0.3, 0.4) is 0 Å². The fraction of sp³-hybridized carbons (Fsp3) is 0.875. The average molecular weight is 293 g/mol. The number of hydrogen-bond acceptors (Lipinski definition) is 4. The van der Waals surface area contributed by atoms with Crippen molar-refractivity contribution in [3.05, 3.63) is 0 Å². The van der Waals surface area contributed by atoms with E-state index < -0.39 is 5.54 Å². The lowest BCUT2D eigenvalue weighted by molar-refractivity contribution is -0.136. The standard InChI is InChI=1S/C16H27N3O2/c1-4-21-14-9-13(10-14)11-15(20)18-5-7-19(8-6-18)16(2,3)12-17/h13-14H,4-11H2,1-3H3. The number of amides is 1. The van der Waals surface area contributed by atoms with Gasteiger partial charge in [0, 0.05) is 39.2 Å². The lowest BCUT2D eigenvalue weighted by Crippen LogP contribution is -2.55. The fourth-order valence-corrected chi connectivity index (χ4v) is 3.17. The molecule has 1 amide bonds. The molecule has 0 aromatic rings. The van der Waals surface area contributed by atoms with Crippen molar-refractivity contribution >= 4 is 5.91 Å².